The van der Waals surface area contributed by atoms with Crippen molar-refractivity contribution < 1.29 is 135 Å². The van der Waals surface area contributed by atoms with E-state index in [2.05, 4.69) is 78.7 Å². The minimum Gasteiger partial charge on any atom is -0.508 e. The van der Waals surface area contributed by atoms with Gasteiger partial charge in [-0.3, -0.25) is 63.6 Å². The van der Waals surface area contributed by atoms with E-state index in [-0.39, 0.29) is 73.3 Å². The number of amides is 9. The van der Waals surface area contributed by atoms with E-state index in [9.17, 15) is 83.1 Å². The first kappa shape index (κ1) is 95.8. The molecule has 8 aliphatic heterocycles. The number of rotatable bonds is 21. The number of hydrogen-bond donors (Lipinski definition) is 22. The number of nitrogens with one attached hydrogen (secondary N) is 12. The fourth-order valence-corrected chi connectivity index (χ4v) is 16.1. The lowest BCUT2D eigenvalue weighted by molar-refractivity contribution is -0.334. The van der Waals surface area contributed by atoms with Crippen LogP contribution in [0.1, 0.15) is 111 Å². The number of carbonyl (C=O) groups excluding carboxylic acids is 9. The zero-order chi connectivity index (χ0) is 94.5. The molecule has 11 bridgehead atoms. The van der Waals surface area contributed by atoms with Crippen LogP contribution in [0.15, 0.2) is 125 Å². The first-order valence-electron chi connectivity index (χ1n) is 40.9. The molecular weight excluding hydrogens is 1780 g/mol. The molecule has 1 aromatic heterocycles. The number of nitrogens with zero attached hydrogens (tertiary/aromatic N) is 3. The number of aliphatic imine (C=N–C) groups is 1. The maximum Gasteiger partial charge on any atom is 0.573 e. The van der Waals surface area contributed by atoms with Crippen LogP contribution in [0.5, 0.6) is 51.7 Å². The number of benzene rings is 6. The predicted octanol–water partition coefficient (Wildman–Crippen LogP) is 0.569. The number of carbonyl (C=O) groups is 9. The van der Waals surface area contributed by atoms with Crippen molar-refractivity contribution >= 4 is 88.1 Å². The molecule has 2 saturated heterocycles. The van der Waals surface area contributed by atoms with Crippen LogP contribution in [-0.4, -0.2) is 233 Å². The van der Waals surface area contributed by atoms with Gasteiger partial charge in [0.15, 0.2) is 23.9 Å². The number of aliphatic hydroxyl groups is 6. The van der Waals surface area contributed by atoms with Gasteiger partial charge in [-0.1, -0.05) is 67.4 Å². The third kappa shape index (κ3) is 22.3. The second kappa shape index (κ2) is 40.3. The van der Waals surface area contributed by atoms with Crippen LogP contribution in [0.3, 0.4) is 0 Å². The SMILES string of the molecule is CNC(CC(C)C)C(=O)NC1C(=O)NC(CC(N)=O)C(=O)NC2C(=O)NC3C(=O)NC(C(=O)NC(C(=O)NNC4=NCCN4)c4cc(O)cc(O)c4-c4cc3ccc4O)C(O)c3ccc(c(Cl)c3)Oc3cc2cc(c3OC2OC(CO)C(O)C(O)C2OC2CC(C)(NCCn3ccc(NC(=O)Cc4ccc(OC(F)(F)F)cc4)nc3=O)C(O)C(C)O2)Oc2ccc(cc2Cl)C1O. The summed E-state index contributed by atoms with van der Waals surface area (Å²) in [6.07, 6.45) is -23.9. The van der Waals surface area contributed by atoms with Crippen LogP contribution in [0.25, 0.3) is 11.1 Å². The molecule has 0 aliphatic carbocycles. The summed E-state index contributed by atoms with van der Waals surface area (Å²) in [5.74, 6) is -17.0. The van der Waals surface area contributed by atoms with Crippen LogP contribution in [-0.2, 0) is 70.3 Å². The van der Waals surface area contributed by atoms with E-state index in [0.717, 1.165) is 89.5 Å². The summed E-state index contributed by atoms with van der Waals surface area (Å²) in [4.78, 5) is 155. The van der Waals surface area contributed by atoms with Crippen molar-refractivity contribution in [2.75, 3.05) is 38.6 Å². The molecule has 9 amide bonds. The van der Waals surface area contributed by atoms with Crippen molar-refractivity contribution in [3.05, 3.63) is 169 Å². The van der Waals surface area contributed by atoms with Crippen LogP contribution in [0, 0.1) is 5.92 Å². The molecule has 15 rings (SSSR count). The lowest BCUT2D eigenvalue weighted by atomic mass is 9.85. The minimum absolute atomic E-state index is 0.0646. The molecule has 0 spiro atoms. The van der Waals surface area contributed by atoms with Gasteiger partial charge in [0.05, 0.1) is 54.3 Å². The van der Waals surface area contributed by atoms with E-state index in [0.29, 0.717) is 12.1 Å². The first-order valence-corrected chi connectivity index (χ1v) is 41.6. The van der Waals surface area contributed by atoms with E-state index in [1.54, 1.807) is 20.8 Å². The average molecular weight is 1870 g/mol. The molecule has 23 N–H and O–H groups in total. The van der Waals surface area contributed by atoms with Gasteiger partial charge in [0.1, 0.15) is 107 Å². The highest BCUT2D eigenvalue weighted by molar-refractivity contribution is 6.32. The minimum atomic E-state index is -4.94. The lowest BCUT2D eigenvalue weighted by Gasteiger charge is -2.48. The molecule has 8 aliphatic rings. The molecule has 0 saturated carbocycles. The van der Waals surface area contributed by atoms with Crippen LogP contribution in [0.2, 0.25) is 10.0 Å². The number of aromatic hydroxyl groups is 3. The highest BCUT2D eigenvalue weighted by atomic mass is 35.5. The Morgan fingerprint density at radius 2 is 1.40 bits per heavy atom. The van der Waals surface area contributed by atoms with Crippen molar-refractivity contribution in [1.29, 1.82) is 0 Å². The monoisotopic (exact) mass is 1870 g/mol. The first-order chi connectivity index (χ1) is 62.1. The van der Waals surface area contributed by atoms with Gasteiger partial charge in [0, 0.05) is 55.0 Å². The summed E-state index contributed by atoms with van der Waals surface area (Å²) >= 11 is 14.4. The number of likely N-dealkylation sites (N-methyl/N-ethyl adjacent to an activating group) is 1. The highest BCUT2D eigenvalue weighted by Crippen LogP contribution is 2.50. The summed E-state index contributed by atoms with van der Waals surface area (Å²) in [6, 6.07) is 5.14. The normalized spacial score (nSPS) is 25.9. The number of alkyl halides is 3. The number of hydrogen-bond acceptors (Lipinski definition) is 32. The van der Waals surface area contributed by atoms with Crippen LogP contribution >= 0.6 is 23.2 Å². The third-order valence-electron chi connectivity index (χ3n) is 22.3. The largest absolute Gasteiger partial charge is 0.573 e. The second-order valence-corrected chi connectivity index (χ2v) is 33.0. The Morgan fingerprint density at radius 1 is 0.740 bits per heavy atom. The smallest absolute Gasteiger partial charge is 0.508 e. The zero-order valence-electron chi connectivity index (χ0n) is 70.0. The van der Waals surface area contributed by atoms with Gasteiger partial charge in [-0.25, -0.2) is 4.79 Å². The third-order valence-corrected chi connectivity index (χ3v) is 22.9. The van der Waals surface area contributed by atoms with E-state index in [4.69, 9.17) is 57.4 Å². The number of anilines is 1. The number of guanidine groups is 1. The van der Waals surface area contributed by atoms with Crippen molar-refractivity contribution in [1.82, 2.24) is 68.3 Å². The molecule has 42 nitrogen and oxygen atoms in total. The van der Waals surface area contributed by atoms with Crippen LogP contribution in [0.4, 0.5) is 19.0 Å². The van der Waals surface area contributed by atoms with Gasteiger partial charge in [-0.2, -0.15) is 4.98 Å². The lowest BCUT2D eigenvalue weighted by Crippen LogP contribution is -2.65. The van der Waals surface area contributed by atoms with Gasteiger partial charge < -0.3 is 138 Å². The van der Waals surface area contributed by atoms with Crippen LogP contribution < -0.4 is 94.4 Å². The Labute approximate surface area is 751 Å². The number of fused-ring (bicyclic) bond motifs is 15. The summed E-state index contributed by atoms with van der Waals surface area (Å²) in [6.45, 7) is 5.97. The number of phenols is 3. The summed E-state index contributed by atoms with van der Waals surface area (Å²) in [7, 11) is 1.46. The predicted molar refractivity (Wildman–Crippen MR) is 451 cm³/mol. The maximum absolute atomic E-state index is 16.4. The van der Waals surface area contributed by atoms with Gasteiger partial charge >= 0.3 is 12.1 Å². The van der Waals surface area contributed by atoms with Crippen molar-refractivity contribution in [2.24, 2.45) is 16.6 Å². The molecule has 2 fully saturated rings. The molecule has 131 heavy (non-hydrogen) atoms. The molecule has 47 heteroatoms. The maximum atomic E-state index is 16.4. The van der Waals surface area contributed by atoms with Gasteiger partial charge in [-0.15, -0.1) is 13.2 Å². The fourth-order valence-electron chi connectivity index (χ4n) is 15.6. The highest BCUT2D eigenvalue weighted by Gasteiger charge is 2.53. The number of nitrogens with two attached hydrogens (primary N) is 1. The van der Waals surface area contributed by atoms with E-state index < -0.39 is 272 Å². The number of hydrazine groups is 1. The van der Waals surface area contributed by atoms with Gasteiger partial charge in [-0.05, 0) is 139 Å². The van der Waals surface area contributed by atoms with Crippen molar-refractivity contribution in [3.63, 3.8) is 0 Å². The number of aromatic nitrogens is 2. The number of aliphatic hydroxyl groups excluding tert-OH is 6. The molecule has 700 valence electrons. The molecule has 0 radical (unpaired) electrons. The number of primary amides is 1. The topological polar surface area (TPSA) is 618 Å². The molecule has 18 unspecified atom stereocenters. The average Bonchev–Trinajstić information content (AvgIpc) is 0.968. The fraction of sp³-hybridized carbons (Fsp3) is 0.405. The standard InChI is InChI=1S/C84H93Cl2F3N16O26/c1-34(2)22-47(91-5)73(117)101-64-66(112)38-9-14-51(45(85)25-38)126-53-27-40-28-54(70(53)130-80-71(69(115)68(114)55(33-106)128-80)129-59-32-83(4,72(116)35(3)125-59)94-19-21-105-20-16-57(97-82(105)124)96-58(111)23-36-6-11-42(12-7-36)131-84(87,88)89)127-52-15-10-39(26-46(52)86)67(113)65-78(122)100-63(79(123)103-104-81-92-17-18-93-81)44-29-41(107)30-50(109)60(44)43-24-37(8-13-49(43)108)61(75(119)102-65)99-76(120)62(40)98-74(118)48(31-56(90)110)95-77(64)121/h6-16,20,24-30,34-35,47-48,55,59,61-69,71-72,80,91,94,106-109,112-116H,17-19,21-23,31-33H2,1-5H3,(H2,90,110)(H,95,121)(H,98,118)(H,99,120)(H,100,122)(H,101,117)(H,102,119)(H,103,123)(H2,92,93,104)(H,96,97,111,124). The Kier molecular flexibility index (Phi) is 29.5. The molecule has 9 heterocycles. The molecular formula is C84H93Cl2F3N16O26. The van der Waals surface area contributed by atoms with E-state index in [1.165, 1.54) is 44.4 Å². The number of phenolic OH excluding ortho intramolecular Hbond substituents is 3. The molecule has 7 aromatic rings. The zero-order valence-corrected chi connectivity index (χ0v) is 71.5. The Hall–Kier alpha value is -12.8. The van der Waals surface area contributed by atoms with Gasteiger partial charge in [0.25, 0.3) is 5.91 Å². The molecule has 6 aromatic carbocycles. The van der Waals surface area contributed by atoms with Gasteiger partial charge in [0.2, 0.25) is 65.3 Å². The molecule has 18 atom stereocenters. The summed E-state index contributed by atoms with van der Waals surface area (Å²) in [5, 5.41) is 133. The summed E-state index contributed by atoms with van der Waals surface area (Å²) in [5.41, 5.74) is 6.00. The number of ether oxygens (including phenoxy) is 7. The Bertz CT molecular complexity index is 5630. The van der Waals surface area contributed by atoms with Crippen molar-refractivity contribution in [2.45, 2.75) is 176 Å². The van der Waals surface area contributed by atoms with Crippen molar-refractivity contribution in [3.8, 4) is 62.9 Å². The van der Waals surface area contributed by atoms with E-state index in [1.807, 2.05) is 0 Å². The quantitative estimate of drug-likeness (QED) is 0.0437. The second-order valence-electron chi connectivity index (χ2n) is 32.2. The Balaban J connectivity index is 0.922. The van der Waals surface area contributed by atoms with E-state index >= 15 is 24.0 Å². The Morgan fingerprint density at radius 3 is 2.02 bits per heavy atom. The summed E-state index contributed by atoms with van der Waals surface area (Å²) < 4.78 is 82.7. The number of halogens is 5.